The third-order valence-electron chi connectivity index (χ3n) is 5.99. The van der Waals surface area contributed by atoms with E-state index in [1.54, 1.807) is 36.4 Å². The van der Waals surface area contributed by atoms with Gasteiger partial charge in [-0.25, -0.2) is 4.39 Å². The Morgan fingerprint density at radius 2 is 1.60 bits per heavy atom. The zero-order chi connectivity index (χ0) is 25.5. The normalized spacial score (nSPS) is 13.7. The third kappa shape index (κ3) is 6.32. The average Bonchev–Trinajstić information content (AvgIpc) is 3.08. The van der Waals surface area contributed by atoms with Crippen molar-refractivity contribution in [3.8, 4) is 0 Å². The molecule has 2 aromatic rings. The van der Waals surface area contributed by atoms with Crippen molar-refractivity contribution in [3.63, 3.8) is 0 Å². The van der Waals surface area contributed by atoms with Gasteiger partial charge in [0.2, 0.25) is 11.8 Å². The van der Waals surface area contributed by atoms with Gasteiger partial charge in [0.1, 0.15) is 11.9 Å². The van der Waals surface area contributed by atoms with Crippen LogP contribution in [0, 0.1) is 11.7 Å². The number of fused-ring (bicyclic) bond motifs is 1. The lowest BCUT2D eigenvalue weighted by atomic mass is 10.1. The van der Waals surface area contributed by atoms with Crippen molar-refractivity contribution in [2.75, 3.05) is 13.1 Å². The number of benzene rings is 2. The number of halogens is 1. The molecule has 0 radical (unpaired) electrons. The molecule has 186 valence electrons. The van der Waals surface area contributed by atoms with Crippen LogP contribution in [-0.4, -0.2) is 52.6 Å². The van der Waals surface area contributed by atoms with Crippen molar-refractivity contribution < 1.29 is 23.6 Å². The number of imide groups is 1. The first-order chi connectivity index (χ1) is 16.7. The molecule has 1 heterocycles. The zero-order valence-corrected chi connectivity index (χ0v) is 20.4. The van der Waals surface area contributed by atoms with Gasteiger partial charge in [0, 0.05) is 26.1 Å². The molecule has 0 aromatic heterocycles. The molecule has 7 nitrogen and oxygen atoms in total. The van der Waals surface area contributed by atoms with Crippen molar-refractivity contribution >= 4 is 23.6 Å². The lowest BCUT2D eigenvalue weighted by molar-refractivity contribution is -0.141. The maximum Gasteiger partial charge on any atom is 0.261 e. The fourth-order valence-electron chi connectivity index (χ4n) is 4.10. The van der Waals surface area contributed by atoms with Crippen molar-refractivity contribution in [2.45, 2.75) is 52.6 Å². The number of carbonyl (C=O) groups is 4. The van der Waals surface area contributed by atoms with Crippen LogP contribution in [0.5, 0.6) is 0 Å². The summed E-state index contributed by atoms with van der Waals surface area (Å²) in [7, 11) is 0. The SMILES string of the molecule is CCC(C(=O)NCC(C)C)N(Cc1ccc(F)cc1)C(=O)CCCN1C(=O)c2ccccc2C1=O. The molecular weight excluding hydrogens is 449 g/mol. The van der Waals surface area contributed by atoms with E-state index < -0.39 is 6.04 Å². The minimum Gasteiger partial charge on any atom is -0.354 e. The summed E-state index contributed by atoms with van der Waals surface area (Å²) in [6.45, 7) is 6.57. The number of rotatable bonds is 11. The molecule has 1 aliphatic rings. The lowest BCUT2D eigenvalue weighted by Crippen LogP contribution is -2.49. The van der Waals surface area contributed by atoms with Crippen molar-refractivity contribution in [1.29, 1.82) is 0 Å². The van der Waals surface area contributed by atoms with Gasteiger partial charge in [-0.05, 0) is 48.6 Å². The van der Waals surface area contributed by atoms with Crippen molar-refractivity contribution in [2.24, 2.45) is 5.92 Å². The summed E-state index contributed by atoms with van der Waals surface area (Å²) >= 11 is 0. The van der Waals surface area contributed by atoms with E-state index in [1.807, 2.05) is 20.8 Å². The number of hydrogen-bond donors (Lipinski definition) is 1. The minimum atomic E-state index is -0.689. The minimum absolute atomic E-state index is 0.0581. The second-order valence-corrected chi connectivity index (χ2v) is 9.12. The quantitative estimate of drug-likeness (QED) is 0.495. The van der Waals surface area contributed by atoms with Crippen LogP contribution in [0.15, 0.2) is 48.5 Å². The largest absolute Gasteiger partial charge is 0.354 e. The molecule has 0 bridgehead atoms. The molecule has 8 heteroatoms. The Morgan fingerprint density at radius 1 is 1.00 bits per heavy atom. The summed E-state index contributed by atoms with van der Waals surface area (Å²) in [5.74, 6) is -1.34. The molecule has 1 N–H and O–H groups in total. The standard InChI is InChI=1S/C27H32FN3O4/c1-4-23(25(33)29-16-18(2)3)31(17-19-11-13-20(28)14-12-19)24(32)10-7-15-30-26(34)21-8-5-6-9-22(21)27(30)35/h5-6,8-9,11-14,18,23H,4,7,10,15-17H2,1-3H3,(H,29,33). The summed E-state index contributed by atoms with van der Waals surface area (Å²) in [4.78, 5) is 54.0. The van der Waals surface area contributed by atoms with Gasteiger partial charge in [-0.3, -0.25) is 24.1 Å². The monoisotopic (exact) mass is 481 g/mol. The first kappa shape index (κ1) is 26.1. The van der Waals surface area contributed by atoms with Crippen LogP contribution in [0.3, 0.4) is 0 Å². The fourth-order valence-corrected chi connectivity index (χ4v) is 4.10. The van der Waals surface area contributed by atoms with E-state index in [2.05, 4.69) is 5.32 Å². The van der Waals surface area contributed by atoms with Crippen LogP contribution < -0.4 is 5.32 Å². The summed E-state index contributed by atoms with van der Waals surface area (Å²) in [5, 5.41) is 2.90. The molecule has 0 spiro atoms. The number of hydrogen-bond acceptors (Lipinski definition) is 4. The summed E-state index contributed by atoms with van der Waals surface area (Å²) < 4.78 is 13.4. The molecule has 0 fully saturated rings. The molecule has 3 rings (SSSR count). The van der Waals surface area contributed by atoms with E-state index >= 15 is 0 Å². The van der Waals surface area contributed by atoms with Gasteiger partial charge in [0.05, 0.1) is 11.1 Å². The molecule has 35 heavy (non-hydrogen) atoms. The van der Waals surface area contributed by atoms with Gasteiger partial charge in [-0.15, -0.1) is 0 Å². The van der Waals surface area contributed by atoms with E-state index in [4.69, 9.17) is 0 Å². The molecule has 0 saturated heterocycles. The van der Waals surface area contributed by atoms with Crippen molar-refractivity contribution in [1.82, 2.24) is 15.1 Å². The summed E-state index contributed by atoms with van der Waals surface area (Å²) in [6.07, 6.45) is 0.742. The van der Waals surface area contributed by atoms with E-state index in [-0.39, 0.29) is 61.3 Å². The maximum absolute atomic E-state index is 13.4. The van der Waals surface area contributed by atoms with E-state index in [0.717, 1.165) is 4.90 Å². The second kappa shape index (κ2) is 11.7. The Kier molecular flexibility index (Phi) is 8.73. The molecule has 4 amide bonds. The molecule has 2 aromatic carbocycles. The molecule has 1 unspecified atom stereocenters. The van der Waals surface area contributed by atoms with Gasteiger partial charge in [-0.1, -0.05) is 45.0 Å². The number of carbonyl (C=O) groups excluding carboxylic acids is 4. The topological polar surface area (TPSA) is 86.8 Å². The van der Waals surface area contributed by atoms with Crippen LogP contribution in [0.1, 0.15) is 66.3 Å². The predicted molar refractivity (Wildman–Crippen MR) is 130 cm³/mol. The fraction of sp³-hybridized carbons (Fsp3) is 0.407. The average molecular weight is 482 g/mol. The van der Waals surface area contributed by atoms with E-state index in [9.17, 15) is 23.6 Å². The molecular formula is C27H32FN3O4. The first-order valence-electron chi connectivity index (χ1n) is 12.0. The van der Waals surface area contributed by atoms with E-state index in [1.165, 1.54) is 17.0 Å². The van der Waals surface area contributed by atoms with Crippen LogP contribution in [0.25, 0.3) is 0 Å². The third-order valence-corrected chi connectivity index (χ3v) is 5.99. The zero-order valence-electron chi connectivity index (χ0n) is 20.4. The Balaban J connectivity index is 1.69. The smallest absolute Gasteiger partial charge is 0.261 e. The number of nitrogens with zero attached hydrogens (tertiary/aromatic N) is 2. The number of amides is 4. The maximum atomic E-state index is 13.4. The van der Waals surface area contributed by atoms with Crippen LogP contribution in [0.4, 0.5) is 4.39 Å². The van der Waals surface area contributed by atoms with Gasteiger partial charge < -0.3 is 10.2 Å². The lowest BCUT2D eigenvalue weighted by Gasteiger charge is -2.31. The number of nitrogens with one attached hydrogen (secondary N) is 1. The summed E-state index contributed by atoms with van der Waals surface area (Å²) in [6, 6.07) is 11.8. The Bertz CT molecular complexity index is 1050. The van der Waals surface area contributed by atoms with Gasteiger partial charge in [-0.2, -0.15) is 0 Å². The highest BCUT2D eigenvalue weighted by Gasteiger charge is 2.35. The van der Waals surface area contributed by atoms with Crippen molar-refractivity contribution in [3.05, 3.63) is 71.0 Å². The van der Waals surface area contributed by atoms with E-state index in [0.29, 0.717) is 29.7 Å². The van der Waals surface area contributed by atoms with Gasteiger partial charge >= 0.3 is 0 Å². The van der Waals surface area contributed by atoms with Crippen LogP contribution in [0.2, 0.25) is 0 Å². The molecule has 0 saturated carbocycles. The Morgan fingerprint density at radius 3 is 2.14 bits per heavy atom. The summed E-state index contributed by atoms with van der Waals surface area (Å²) in [5.41, 5.74) is 1.44. The Hall–Kier alpha value is -3.55. The molecule has 0 aliphatic carbocycles. The first-order valence-corrected chi connectivity index (χ1v) is 12.0. The van der Waals surface area contributed by atoms with Gasteiger partial charge in [0.15, 0.2) is 0 Å². The molecule has 1 atom stereocenters. The van der Waals surface area contributed by atoms with Crippen LogP contribution >= 0.6 is 0 Å². The highest BCUT2D eigenvalue weighted by molar-refractivity contribution is 6.21. The Labute approximate surface area is 205 Å². The van der Waals surface area contributed by atoms with Crippen LogP contribution in [-0.2, 0) is 16.1 Å². The predicted octanol–water partition coefficient (Wildman–Crippen LogP) is 3.78. The highest BCUT2D eigenvalue weighted by Crippen LogP contribution is 2.23. The second-order valence-electron chi connectivity index (χ2n) is 9.12. The molecule has 1 aliphatic heterocycles. The highest BCUT2D eigenvalue weighted by atomic mass is 19.1. The van der Waals surface area contributed by atoms with Gasteiger partial charge in [0.25, 0.3) is 11.8 Å².